The highest BCUT2D eigenvalue weighted by Gasteiger charge is 2.17. The predicted molar refractivity (Wildman–Crippen MR) is 86.0 cm³/mol. The van der Waals surface area contributed by atoms with E-state index >= 15 is 0 Å². The smallest absolute Gasteiger partial charge is 0.191 e. The topological polar surface area (TPSA) is 75.1 Å². The van der Waals surface area contributed by atoms with Gasteiger partial charge in [-0.15, -0.1) is 0 Å². The van der Waals surface area contributed by atoms with Gasteiger partial charge in [0.05, 0.1) is 19.3 Å². The Morgan fingerprint density at radius 2 is 2.39 bits per heavy atom. The number of nitrogens with zero attached hydrogens (tertiary/aromatic N) is 1. The zero-order valence-electron chi connectivity index (χ0n) is 13.5. The van der Waals surface area contributed by atoms with Crippen LogP contribution in [0, 0.1) is 5.82 Å². The van der Waals surface area contributed by atoms with Gasteiger partial charge in [-0.2, -0.15) is 0 Å². The van der Waals surface area contributed by atoms with E-state index in [9.17, 15) is 9.50 Å². The van der Waals surface area contributed by atoms with Gasteiger partial charge in [0.2, 0.25) is 0 Å². The van der Waals surface area contributed by atoms with Crippen molar-refractivity contribution in [3.05, 3.63) is 29.6 Å². The van der Waals surface area contributed by atoms with E-state index in [-0.39, 0.29) is 17.9 Å². The van der Waals surface area contributed by atoms with E-state index in [2.05, 4.69) is 15.6 Å². The highest BCUT2D eigenvalue weighted by Crippen LogP contribution is 2.15. The lowest BCUT2D eigenvalue weighted by atomic mass is 10.2. The third kappa shape index (κ3) is 5.69. The van der Waals surface area contributed by atoms with Crippen molar-refractivity contribution in [1.82, 2.24) is 10.6 Å². The summed E-state index contributed by atoms with van der Waals surface area (Å²) in [6, 6.07) is 4.37. The van der Waals surface area contributed by atoms with E-state index in [0.717, 1.165) is 18.6 Å². The molecular formula is C16H24FN3O3. The van der Waals surface area contributed by atoms with Gasteiger partial charge in [-0.3, -0.25) is 4.99 Å². The largest absolute Gasteiger partial charge is 0.505 e. The van der Waals surface area contributed by atoms with E-state index in [1.807, 2.05) is 6.92 Å². The van der Waals surface area contributed by atoms with Crippen LogP contribution in [-0.2, 0) is 16.0 Å². The van der Waals surface area contributed by atoms with Gasteiger partial charge in [0.1, 0.15) is 0 Å². The van der Waals surface area contributed by atoms with Gasteiger partial charge in [0.25, 0.3) is 0 Å². The molecule has 1 aliphatic rings. The fraction of sp³-hybridized carbons (Fsp3) is 0.562. The molecule has 0 amide bonds. The predicted octanol–water partition coefficient (Wildman–Crippen LogP) is 1.39. The van der Waals surface area contributed by atoms with Crippen LogP contribution < -0.4 is 10.6 Å². The van der Waals surface area contributed by atoms with Crippen molar-refractivity contribution in [1.29, 1.82) is 0 Å². The van der Waals surface area contributed by atoms with Gasteiger partial charge < -0.3 is 25.2 Å². The molecule has 6 nitrogen and oxygen atoms in total. The van der Waals surface area contributed by atoms with E-state index in [1.54, 1.807) is 13.1 Å². The summed E-state index contributed by atoms with van der Waals surface area (Å²) in [7, 11) is 1.67. The van der Waals surface area contributed by atoms with Gasteiger partial charge in [-0.25, -0.2) is 4.39 Å². The highest BCUT2D eigenvalue weighted by atomic mass is 19.1. The van der Waals surface area contributed by atoms with E-state index in [0.29, 0.717) is 25.7 Å². The Kier molecular flexibility index (Phi) is 6.61. The molecule has 2 unspecified atom stereocenters. The number of phenols is 1. The number of halogens is 1. The Bertz CT molecular complexity index is 533. The summed E-state index contributed by atoms with van der Waals surface area (Å²) in [5.74, 6) is -0.372. The third-order valence-corrected chi connectivity index (χ3v) is 3.55. The van der Waals surface area contributed by atoms with Crippen LogP contribution >= 0.6 is 0 Å². The van der Waals surface area contributed by atoms with Crippen molar-refractivity contribution in [3.63, 3.8) is 0 Å². The Labute approximate surface area is 135 Å². The Hall–Kier alpha value is -1.86. The number of ether oxygens (including phenoxy) is 2. The third-order valence-electron chi connectivity index (χ3n) is 3.55. The molecule has 1 fully saturated rings. The summed E-state index contributed by atoms with van der Waals surface area (Å²) in [6.45, 7) is 4.39. The summed E-state index contributed by atoms with van der Waals surface area (Å²) in [4.78, 5) is 4.13. The minimum atomic E-state index is -0.632. The number of aliphatic imine (C=N–C) groups is 1. The normalized spacial score (nSPS) is 19.6. The quantitative estimate of drug-likeness (QED) is 0.544. The monoisotopic (exact) mass is 325 g/mol. The lowest BCUT2D eigenvalue weighted by Crippen LogP contribution is -2.44. The summed E-state index contributed by atoms with van der Waals surface area (Å²) >= 11 is 0. The molecule has 0 aromatic heterocycles. The number of benzene rings is 1. The summed E-state index contributed by atoms with van der Waals surface area (Å²) in [5.41, 5.74) is 0.718. The van der Waals surface area contributed by atoms with Crippen LogP contribution in [0.4, 0.5) is 4.39 Å². The molecule has 0 radical (unpaired) electrons. The fourth-order valence-corrected chi connectivity index (χ4v) is 2.24. The molecule has 1 heterocycles. The van der Waals surface area contributed by atoms with Crippen LogP contribution in [0.15, 0.2) is 23.2 Å². The maximum Gasteiger partial charge on any atom is 0.191 e. The van der Waals surface area contributed by atoms with Gasteiger partial charge in [0, 0.05) is 26.2 Å². The van der Waals surface area contributed by atoms with Gasteiger partial charge >= 0.3 is 0 Å². The second-order valence-electron chi connectivity index (χ2n) is 5.58. The van der Waals surface area contributed by atoms with Gasteiger partial charge in [0.15, 0.2) is 17.5 Å². The van der Waals surface area contributed by atoms with Crippen LogP contribution in [0.3, 0.4) is 0 Å². The number of guanidine groups is 1. The van der Waals surface area contributed by atoms with Crippen molar-refractivity contribution < 1.29 is 19.0 Å². The van der Waals surface area contributed by atoms with Crippen LogP contribution in [0.5, 0.6) is 5.75 Å². The Morgan fingerprint density at radius 3 is 3.04 bits per heavy atom. The molecule has 3 N–H and O–H groups in total. The molecule has 1 saturated heterocycles. The summed E-state index contributed by atoms with van der Waals surface area (Å²) in [5, 5.41) is 15.5. The average Bonchev–Trinajstić information content (AvgIpc) is 3.06. The summed E-state index contributed by atoms with van der Waals surface area (Å²) in [6.07, 6.45) is 1.11. The number of rotatable bonds is 6. The highest BCUT2D eigenvalue weighted by molar-refractivity contribution is 5.79. The first kappa shape index (κ1) is 17.5. The molecule has 0 saturated carbocycles. The zero-order chi connectivity index (χ0) is 16.7. The SMILES string of the molecule is CN=C(NCc1ccc(O)c(F)c1)NC(C)COC1CCOC1. The lowest BCUT2D eigenvalue weighted by molar-refractivity contribution is 0.0347. The van der Waals surface area contributed by atoms with E-state index in [4.69, 9.17) is 9.47 Å². The molecule has 0 bridgehead atoms. The average molecular weight is 325 g/mol. The van der Waals surface area contributed by atoms with Crippen molar-refractivity contribution >= 4 is 5.96 Å². The fourth-order valence-electron chi connectivity index (χ4n) is 2.24. The first-order valence-corrected chi connectivity index (χ1v) is 7.72. The Morgan fingerprint density at radius 1 is 1.57 bits per heavy atom. The minimum absolute atomic E-state index is 0.0818. The number of aromatic hydroxyl groups is 1. The molecule has 1 aromatic rings. The first-order valence-electron chi connectivity index (χ1n) is 7.72. The second-order valence-corrected chi connectivity index (χ2v) is 5.58. The number of phenolic OH excluding ortho intramolecular Hbond substituents is 1. The van der Waals surface area contributed by atoms with E-state index < -0.39 is 5.82 Å². The molecule has 0 aliphatic carbocycles. The second kappa shape index (κ2) is 8.69. The Balaban J connectivity index is 1.74. The molecule has 23 heavy (non-hydrogen) atoms. The van der Waals surface area contributed by atoms with Crippen molar-refractivity contribution in [2.45, 2.75) is 32.0 Å². The standard InChI is InChI=1S/C16H24FN3O3/c1-11(9-23-13-5-6-22-10-13)20-16(18-2)19-8-12-3-4-15(21)14(17)7-12/h3-4,7,11,13,21H,5-6,8-10H2,1-2H3,(H2,18,19,20). The van der Waals surface area contributed by atoms with Gasteiger partial charge in [-0.1, -0.05) is 6.07 Å². The zero-order valence-corrected chi connectivity index (χ0v) is 13.5. The maximum atomic E-state index is 13.3. The van der Waals surface area contributed by atoms with Gasteiger partial charge in [-0.05, 0) is 31.0 Å². The number of nitrogens with one attached hydrogen (secondary N) is 2. The minimum Gasteiger partial charge on any atom is -0.505 e. The van der Waals surface area contributed by atoms with Crippen LogP contribution in [-0.4, -0.2) is 50.1 Å². The summed E-state index contributed by atoms with van der Waals surface area (Å²) < 4.78 is 24.3. The van der Waals surface area contributed by atoms with Crippen molar-refractivity contribution in [2.75, 3.05) is 26.9 Å². The molecule has 1 aromatic carbocycles. The molecule has 0 spiro atoms. The molecule has 7 heteroatoms. The molecular weight excluding hydrogens is 301 g/mol. The van der Waals surface area contributed by atoms with Crippen LogP contribution in [0.25, 0.3) is 0 Å². The van der Waals surface area contributed by atoms with E-state index in [1.165, 1.54) is 12.1 Å². The number of hydrogen-bond acceptors (Lipinski definition) is 4. The van der Waals surface area contributed by atoms with Crippen molar-refractivity contribution in [3.8, 4) is 5.75 Å². The van der Waals surface area contributed by atoms with Crippen LogP contribution in [0.1, 0.15) is 18.9 Å². The van der Waals surface area contributed by atoms with Crippen LogP contribution in [0.2, 0.25) is 0 Å². The lowest BCUT2D eigenvalue weighted by Gasteiger charge is -2.19. The first-order chi connectivity index (χ1) is 11.1. The maximum absolute atomic E-state index is 13.3. The molecule has 128 valence electrons. The molecule has 2 rings (SSSR count). The van der Waals surface area contributed by atoms with Crippen molar-refractivity contribution in [2.24, 2.45) is 4.99 Å². The molecule has 1 aliphatic heterocycles. The number of hydrogen-bond donors (Lipinski definition) is 3. The molecule has 2 atom stereocenters.